The van der Waals surface area contributed by atoms with Crippen molar-refractivity contribution in [3.05, 3.63) is 29.3 Å². The van der Waals surface area contributed by atoms with Crippen molar-refractivity contribution >= 4 is 22.1 Å². The molecule has 24 heavy (non-hydrogen) atoms. The largest absolute Gasteiger partial charge is 2.00 e. The van der Waals surface area contributed by atoms with E-state index in [1.54, 1.807) is 0 Å². The normalized spacial score (nSPS) is 19.6. The molecule has 0 amide bonds. The Morgan fingerprint density at radius 1 is 1.00 bits per heavy atom. The van der Waals surface area contributed by atoms with E-state index in [4.69, 9.17) is 11.5 Å². The van der Waals surface area contributed by atoms with Gasteiger partial charge in [0, 0.05) is 12.1 Å². The second kappa shape index (κ2) is 9.24. The van der Waals surface area contributed by atoms with E-state index >= 15 is 0 Å². The maximum atomic E-state index is 10.6. The predicted octanol–water partition coefficient (Wildman–Crippen LogP) is -2.75. The van der Waals surface area contributed by atoms with Gasteiger partial charge in [0.05, 0.1) is 16.8 Å². The van der Waals surface area contributed by atoms with Crippen LogP contribution in [0.15, 0.2) is 23.1 Å². The summed E-state index contributed by atoms with van der Waals surface area (Å²) < 4.78 is 31.8. The number of carbonyl (C=O) groups is 2. The van der Waals surface area contributed by atoms with Crippen LogP contribution in [0.4, 0.5) is 0 Å². The first-order valence-corrected chi connectivity index (χ1v) is 7.98. The number of carboxylic acids is 2. The number of rotatable bonds is 3. The summed E-state index contributed by atoms with van der Waals surface area (Å²) in [4.78, 5) is 19.9. The third-order valence-electron chi connectivity index (χ3n) is 3.29. The smallest absolute Gasteiger partial charge is 0.744 e. The van der Waals surface area contributed by atoms with Gasteiger partial charge in [0.25, 0.3) is 0 Å². The number of carboxylic acid groups (broad SMARTS) is 2. The van der Waals surface area contributed by atoms with Gasteiger partial charge in [-0.15, -0.1) is 0 Å². The van der Waals surface area contributed by atoms with Gasteiger partial charge in [0.2, 0.25) is 0 Å². The SMILES string of the molecule is NC1CCCC1N.O=C([O-])c1cc(C(=O)[O-])cc(S(=O)(=O)[O-])c1.[H+].[Pt+2]. The Labute approximate surface area is 154 Å². The van der Waals surface area contributed by atoms with Crippen LogP contribution in [0, 0.1) is 0 Å². The molecule has 1 aromatic rings. The van der Waals surface area contributed by atoms with Gasteiger partial charge in [0.1, 0.15) is 10.1 Å². The average Bonchev–Trinajstić information content (AvgIpc) is 2.82. The van der Waals surface area contributed by atoms with Crippen LogP contribution in [0.25, 0.3) is 0 Å². The van der Waals surface area contributed by atoms with E-state index in [0.29, 0.717) is 30.3 Å². The molecule has 9 nitrogen and oxygen atoms in total. The topological polar surface area (TPSA) is 190 Å². The van der Waals surface area contributed by atoms with Gasteiger partial charge in [0.15, 0.2) is 0 Å². The quantitative estimate of drug-likeness (QED) is 0.384. The van der Waals surface area contributed by atoms with Crippen LogP contribution in [0.2, 0.25) is 0 Å². The molecule has 0 heterocycles. The van der Waals surface area contributed by atoms with Gasteiger partial charge in [-0.3, -0.25) is 0 Å². The first-order valence-electron chi connectivity index (χ1n) is 6.57. The van der Waals surface area contributed by atoms with Crippen molar-refractivity contribution in [3.8, 4) is 0 Å². The Bertz CT molecular complexity index is 674. The van der Waals surface area contributed by atoms with E-state index in [0.717, 1.165) is 12.8 Å². The van der Waals surface area contributed by atoms with Crippen molar-refractivity contribution in [1.29, 1.82) is 0 Å². The zero-order chi connectivity index (χ0) is 17.8. The molecule has 2 unspecified atom stereocenters. The van der Waals surface area contributed by atoms with Crippen molar-refractivity contribution in [2.45, 2.75) is 36.2 Å². The molecular formula is C13H16N2O7PtS. The third-order valence-corrected chi connectivity index (χ3v) is 4.10. The summed E-state index contributed by atoms with van der Waals surface area (Å²) >= 11 is 0. The van der Waals surface area contributed by atoms with Gasteiger partial charge in [-0.25, -0.2) is 8.42 Å². The van der Waals surface area contributed by atoms with E-state index < -0.39 is 38.1 Å². The first-order chi connectivity index (χ1) is 10.5. The van der Waals surface area contributed by atoms with E-state index in [9.17, 15) is 32.8 Å². The molecule has 1 saturated carbocycles. The molecule has 11 heteroatoms. The summed E-state index contributed by atoms with van der Waals surface area (Å²) in [6, 6.07) is 2.26. The molecule has 0 saturated heterocycles. The fourth-order valence-electron chi connectivity index (χ4n) is 2.00. The van der Waals surface area contributed by atoms with E-state index in [-0.39, 0.29) is 22.5 Å². The number of aromatic carboxylic acids is 2. The monoisotopic (exact) mass is 539 g/mol. The van der Waals surface area contributed by atoms with Gasteiger partial charge in [-0.2, -0.15) is 0 Å². The molecule has 2 rings (SSSR count). The molecular weight excluding hydrogens is 523 g/mol. The summed E-state index contributed by atoms with van der Waals surface area (Å²) in [7, 11) is -4.95. The molecule has 1 aromatic carbocycles. The number of benzene rings is 1. The summed E-state index contributed by atoms with van der Waals surface area (Å²) in [6.45, 7) is 0. The van der Waals surface area contributed by atoms with Gasteiger partial charge in [-0.1, -0.05) is 6.42 Å². The fourth-order valence-corrected chi connectivity index (χ4v) is 2.54. The summed E-state index contributed by atoms with van der Waals surface area (Å²) in [5, 5.41) is 20.9. The van der Waals surface area contributed by atoms with Crippen LogP contribution < -0.4 is 21.7 Å². The van der Waals surface area contributed by atoms with Crippen LogP contribution in [0.1, 0.15) is 41.4 Å². The zero-order valence-electron chi connectivity index (χ0n) is 13.2. The molecule has 2 atom stereocenters. The summed E-state index contributed by atoms with van der Waals surface area (Å²) in [6.07, 6.45) is 3.48. The molecule has 4 N–H and O–H groups in total. The number of nitrogens with two attached hydrogens (primary N) is 2. The minimum absolute atomic E-state index is 0. The Balaban J connectivity index is 0. The van der Waals surface area contributed by atoms with Crippen LogP contribution in [0.3, 0.4) is 0 Å². The average molecular weight is 539 g/mol. The van der Waals surface area contributed by atoms with E-state index in [1.165, 1.54) is 6.42 Å². The molecule has 136 valence electrons. The van der Waals surface area contributed by atoms with Crippen molar-refractivity contribution in [3.63, 3.8) is 0 Å². The molecule has 1 fully saturated rings. The molecule has 0 radical (unpaired) electrons. The van der Waals surface area contributed by atoms with E-state index in [1.807, 2.05) is 0 Å². The Hall–Kier alpha value is -1.32. The van der Waals surface area contributed by atoms with Crippen molar-refractivity contribution in [2.75, 3.05) is 0 Å². The molecule has 0 aliphatic heterocycles. The van der Waals surface area contributed by atoms with Crippen LogP contribution >= 0.6 is 0 Å². The minimum atomic E-state index is -4.95. The Morgan fingerprint density at radius 3 is 1.58 bits per heavy atom. The van der Waals surface area contributed by atoms with Crippen LogP contribution in [-0.4, -0.2) is 37.0 Å². The standard InChI is InChI=1S/C8H6O7S.C5H12N2.Pt/c9-7(10)4-1-5(8(11)12)3-6(2-4)16(13,14)15;6-4-2-1-3-5(4)7;/h1-3H,(H,9,10)(H,11,12)(H,13,14,15);4-5H,1-3,6-7H2;/q;;+2/p-2. The summed E-state index contributed by atoms with van der Waals surface area (Å²) in [5.74, 6) is -3.60. The van der Waals surface area contributed by atoms with Gasteiger partial charge >= 0.3 is 22.5 Å². The molecule has 0 bridgehead atoms. The maximum absolute atomic E-state index is 10.6. The summed E-state index contributed by atoms with van der Waals surface area (Å²) in [5.41, 5.74) is 9.65. The first kappa shape index (κ1) is 22.7. The molecule has 1 aliphatic rings. The number of hydrogen-bond acceptors (Lipinski definition) is 9. The molecule has 0 aromatic heterocycles. The number of carbonyl (C=O) groups excluding carboxylic acids is 2. The van der Waals surface area contributed by atoms with Crippen LogP contribution in [0.5, 0.6) is 0 Å². The van der Waals surface area contributed by atoms with Gasteiger partial charge < -0.3 is 35.8 Å². The fraction of sp³-hybridized carbons (Fsp3) is 0.385. The van der Waals surface area contributed by atoms with E-state index in [2.05, 4.69) is 0 Å². The van der Waals surface area contributed by atoms with Crippen molar-refractivity contribution in [1.82, 2.24) is 0 Å². The molecule has 1 aliphatic carbocycles. The molecule has 0 spiro atoms. The third kappa shape index (κ3) is 6.66. The van der Waals surface area contributed by atoms with Crippen molar-refractivity contribution in [2.24, 2.45) is 11.5 Å². The Kier molecular flexibility index (Phi) is 8.73. The van der Waals surface area contributed by atoms with Gasteiger partial charge in [-0.05, 0) is 42.2 Å². The minimum Gasteiger partial charge on any atom is -0.744 e. The Morgan fingerprint density at radius 2 is 1.38 bits per heavy atom. The zero-order valence-corrected chi connectivity index (χ0v) is 15.3. The predicted molar refractivity (Wildman–Crippen MR) is 74.0 cm³/mol. The van der Waals surface area contributed by atoms with Crippen molar-refractivity contribution < 1.29 is 55.3 Å². The second-order valence-electron chi connectivity index (χ2n) is 5.03. The van der Waals surface area contributed by atoms with Crippen LogP contribution in [-0.2, 0) is 31.2 Å². The second-order valence-corrected chi connectivity index (χ2v) is 6.41. The number of hydrogen-bond donors (Lipinski definition) is 2. The maximum Gasteiger partial charge on any atom is 2.00 e.